The van der Waals surface area contributed by atoms with E-state index in [9.17, 15) is 14.4 Å². The average Bonchev–Trinajstić information content (AvgIpc) is 3.71. The summed E-state index contributed by atoms with van der Waals surface area (Å²) in [4.78, 5) is 45.6. The van der Waals surface area contributed by atoms with Crippen molar-refractivity contribution in [3.8, 4) is 10.4 Å². The number of hydrogen-bond donors (Lipinski definition) is 4. The van der Waals surface area contributed by atoms with Gasteiger partial charge in [0, 0.05) is 36.6 Å². The predicted molar refractivity (Wildman–Crippen MR) is 159 cm³/mol. The van der Waals surface area contributed by atoms with Crippen LogP contribution in [0.15, 0.2) is 72.9 Å². The highest BCUT2D eigenvalue weighted by atomic mass is 32.1. The Hall–Kier alpha value is -4.06. The van der Waals surface area contributed by atoms with Gasteiger partial charge in [0.15, 0.2) is 0 Å². The van der Waals surface area contributed by atoms with Crippen molar-refractivity contribution < 1.29 is 14.4 Å². The zero-order valence-electron chi connectivity index (χ0n) is 21.6. The molecule has 11 heteroatoms. The number of hydrogen-bond acceptors (Lipinski definition) is 7. The quantitative estimate of drug-likeness (QED) is 0.235. The zero-order chi connectivity index (χ0) is 27.5. The number of para-hydroxylation sites is 1. The summed E-state index contributed by atoms with van der Waals surface area (Å²) < 4.78 is 0. The molecule has 2 aromatic heterocycles. The third kappa shape index (κ3) is 5.91. The van der Waals surface area contributed by atoms with Gasteiger partial charge in [0.1, 0.15) is 0 Å². The number of thiophene rings is 1. The number of aromatic nitrogens is 1. The lowest BCUT2D eigenvalue weighted by Gasteiger charge is -2.37. The van der Waals surface area contributed by atoms with Gasteiger partial charge in [-0.1, -0.05) is 30.3 Å². The molecule has 1 atom stereocenters. The van der Waals surface area contributed by atoms with Crippen molar-refractivity contribution in [1.82, 2.24) is 15.2 Å². The molecule has 4 N–H and O–H groups in total. The van der Waals surface area contributed by atoms with E-state index < -0.39 is 0 Å². The van der Waals surface area contributed by atoms with E-state index in [1.54, 1.807) is 23.5 Å². The lowest BCUT2D eigenvalue weighted by atomic mass is 10.0. The molecule has 2 aliphatic rings. The van der Waals surface area contributed by atoms with E-state index in [-0.39, 0.29) is 29.8 Å². The Labute approximate surface area is 239 Å². The van der Waals surface area contributed by atoms with E-state index in [1.807, 2.05) is 65.7 Å². The van der Waals surface area contributed by atoms with Crippen molar-refractivity contribution in [2.45, 2.75) is 24.8 Å². The highest BCUT2D eigenvalue weighted by Gasteiger charge is 2.35. The molecule has 4 amide bonds. The summed E-state index contributed by atoms with van der Waals surface area (Å²) in [6.45, 7) is 2.11. The fraction of sp³-hybridized carbons (Fsp3) is 0.241. The third-order valence-corrected chi connectivity index (χ3v) is 9.14. The van der Waals surface area contributed by atoms with Crippen molar-refractivity contribution in [2.24, 2.45) is 0 Å². The number of carbonyl (C=O) groups excluding carboxylic acids is 3. The number of thiazole rings is 1. The topological polar surface area (TPSA) is 115 Å². The first-order valence-corrected chi connectivity index (χ1v) is 14.8. The molecule has 204 valence electrons. The summed E-state index contributed by atoms with van der Waals surface area (Å²) in [5.74, 6) is 0.149. The molecule has 2 saturated heterocycles. The van der Waals surface area contributed by atoms with Crippen LogP contribution in [0, 0.1) is 0 Å². The summed E-state index contributed by atoms with van der Waals surface area (Å²) >= 11 is 2.94. The highest BCUT2D eigenvalue weighted by Crippen LogP contribution is 2.36. The fourth-order valence-corrected chi connectivity index (χ4v) is 6.62. The van der Waals surface area contributed by atoms with E-state index in [0.717, 1.165) is 40.5 Å². The summed E-state index contributed by atoms with van der Waals surface area (Å²) in [6, 6.07) is 20.1. The van der Waals surface area contributed by atoms with E-state index in [1.165, 1.54) is 11.3 Å². The molecule has 2 aliphatic heterocycles. The van der Waals surface area contributed by atoms with Crippen LogP contribution in [0.5, 0.6) is 0 Å². The lowest BCUT2D eigenvalue weighted by Crippen LogP contribution is -2.48. The Bertz CT molecular complexity index is 1510. The van der Waals surface area contributed by atoms with Crippen molar-refractivity contribution in [1.29, 1.82) is 0 Å². The number of benzene rings is 2. The van der Waals surface area contributed by atoms with Gasteiger partial charge in [0.2, 0.25) is 5.91 Å². The second kappa shape index (κ2) is 11.6. The molecule has 0 radical (unpaired) electrons. The molecule has 0 unspecified atom stereocenters. The number of urea groups is 1. The van der Waals surface area contributed by atoms with Crippen molar-refractivity contribution in [2.75, 3.05) is 35.6 Å². The van der Waals surface area contributed by atoms with Gasteiger partial charge in [-0.25, -0.2) is 9.78 Å². The summed E-state index contributed by atoms with van der Waals surface area (Å²) in [5, 5.41) is 13.5. The predicted octanol–water partition coefficient (Wildman–Crippen LogP) is 5.45. The van der Waals surface area contributed by atoms with Crippen LogP contribution >= 0.6 is 22.7 Å². The molecule has 0 bridgehead atoms. The van der Waals surface area contributed by atoms with Gasteiger partial charge >= 0.3 is 6.03 Å². The molecule has 9 nitrogen and oxygen atoms in total. The van der Waals surface area contributed by atoms with Crippen LogP contribution in [-0.2, 0) is 4.79 Å². The zero-order valence-corrected chi connectivity index (χ0v) is 23.2. The summed E-state index contributed by atoms with van der Waals surface area (Å²) in [5.41, 5.74) is 2.44. The summed E-state index contributed by atoms with van der Waals surface area (Å²) in [6.07, 6.45) is 3.71. The van der Waals surface area contributed by atoms with Crippen LogP contribution in [0.25, 0.3) is 10.4 Å². The Kier molecular flexibility index (Phi) is 7.58. The standard InChI is InChI=1S/C29H28N6O3S2/c36-26(22-7-4-14-30-22)34-25-13-12-23(39-25)28(37)35-16-19(17-35)27-31-15-24(40-27)18-8-10-21(11-9-18)33-29(38)32-20-5-2-1-3-6-20/h1-3,5-6,8-13,15,19,22,30H,4,7,14,16-17H2,(H,34,36)(H2,32,33,38)/t22-/m0/s1. The fourth-order valence-electron chi connectivity index (χ4n) is 4.74. The van der Waals surface area contributed by atoms with Crippen LogP contribution in [0.1, 0.15) is 33.4 Å². The Morgan fingerprint density at radius 3 is 2.35 bits per heavy atom. The van der Waals surface area contributed by atoms with Crippen LogP contribution in [0.4, 0.5) is 21.2 Å². The van der Waals surface area contributed by atoms with Crippen LogP contribution in [0.3, 0.4) is 0 Å². The molecular formula is C29H28N6O3S2. The van der Waals surface area contributed by atoms with E-state index in [2.05, 4.69) is 26.3 Å². The molecule has 0 saturated carbocycles. The molecule has 0 spiro atoms. The van der Waals surface area contributed by atoms with Crippen molar-refractivity contribution >= 4 is 56.9 Å². The average molecular weight is 573 g/mol. The monoisotopic (exact) mass is 572 g/mol. The largest absolute Gasteiger partial charge is 0.336 e. The number of rotatable bonds is 7. The third-order valence-electron chi connectivity index (χ3n) is 6.94. The Morgan fingerprint density at radius 1 is 0.875 bits per heavy atom. The first kappa shape index (κ1) is 26.2. The maximum atomic E-state index is 13.0. The second-order valence-electron chi connectivity index (χ2n) is 9.79. The summed E-state index contributed by atoms with van der Waals surface area (Å²) in [7, 11) is 0. The van der Waals surface area contributed by atoms with Gasteiger partial charge in [-0.3, -0.25) is 9.59 Å². The van der Waals surface area contributed by atoms with Crippen LogP contribution < -0.4 is 21.3 Å². The Balaban J connectivity index is 0.996. The lowest BCUT2D eigenvalue weighted by molar-refractivity contribution is -0.117. The number of anilines is 3. The minimum atomic E-state index is -0.298. The highest BCUT2D eigenvalue weighted by molar-refractivity contribution is 7.18. The van der Waals surface area contributed by atoms with Gasteiger partial charge in [0.25, 0.3) is 5.91 Å². The number of nitrogens with one attached hydrogen (secondary N) is 4. The molecule has 2 fully saturated rings. The minimum Gasteiger partial charge on any atom is -0.336 e. The van der Waals surface area contributed by atoms with Gasteiger partial charge in [0.05, 0.1) is 25.8 Å². The molecule has 4 aromatic rings. The number of likely N-dealkylation sites (tertiary alicyclic amines) is 1. The van der Waals surface area contributed by atoms with Crippen molar-refractivity contribution in [3.05, 3.63) is 82.8 Å². The molecule has 40 heavy (non-hydrogen) atoms. The number of nitrogens with zero attached hydrogens (tertiary/aromatic N) is 2. The Morgan fingerprint density at radius 2 is 1.62 bits per heavy atom. The SMILES string of the molecule is O=C(Nc1ccccc1)Nc1ccc(-c2cnc(C3CN(C(=O)c4ccc(NC(=O)[C@@H]5CCCN5)s4)C3)s2)cc1. The second-order valence-corrected chi connectivity index (χ2v) is 11.9. The molecular weight excluding hydrogens is 544 g/mol. The van der Waals surface area contributed by atoms with E-state index >= 15 is 0 Å². The van der Waals surface area contributed by atoms with Gasteiger partial charge in [-0.2, -0.15) is 0 Å². The molecule has 4 heterocycles. The van der Waals surface area contributed by atoms with Crippen LogP contribution in [0.2, 0.25) is 0 Å². The molecule has 2 aromatic carbocycles. The number of amides is 4. The van der Waals surface area contributed by atoms with E-state index in [4.69, 9.17) is 0 Å². The number of carbonyl (C=O) groups is 3. The van der Waals surface area contributed by atoms with Gasteiger partial charge < -0.3 is 26.2 Å². The van der Waals surface area contributed by atoms with E-state index in [0.29, 0.717) is 28.7 Å². The van der Waals surface area contributed by atoms with Crippen LogP contribution in [-0.4, -0.2) is 53.4 Å². The molecule has 0 aliphatic carbocycles. The first-order valence-electron chi connectivity index (χ1n) is 13.1. The maximum Gasteiger partial charge on any atom is 0.323 e. The van der Waals surface area contributed by atoms with Gasteiger partial charge in [-0.15, -0.1) is 22.7 Å². The smallest absolute Gasteiger partial charge is 0.323 e. The maximum absolute atomic E-state index is 13.0. The minimum absolute atomic E-state index is 0.0168. The first-order chi connectivity index (χ1) is 19.5. The normalized spacial score (nSPS) is 16.8. The van der Waals surface area contributed by atoms with Gasteiger partial charge in [-0.05, 0) is 61.3 Å². The van der Waals surface area contributed by atoms with Crippen molar-refractivity contribution in [3.63, 3.8) is 0 Å². The molecule has 6 rings (SSSR count).